The second-order valence-electron chi connectivity index (χ2n) is 2.21. The summed E-state index contributed by atoms with van der Waals surface area (Å²) in [6, 6.07) is 2.88. The minimum atomic E-state index is -2.00. The third kappa shape index (κ3) is 0.828. The molecule has 1 aliphatic heterocycles. The number of rotatable bonds is 0. The first-order chi connectivity index (χ1) is 5.72. The van der Waals surface area contributed by atoms with E-state index in [1.807, 2.05) is 0 Å². The van der Waals surface area contributed by atoms with E-state index in [0.717, 1.165) is 0 Å². The maximum atomic E-state index is 12.8. The van der Waals surface area contributed by atoms with Crippen LogP contribution in [0.15, 0.2) is 28.4 Å². The standard InChI is InChI=1S/C7H3F2NOS/c8-5-6-4(2-1-3-10-6)12(11)7(5)9/h1-3H. The minimum absolute atomic E-state index is 0.104. The summed E-state index contributed by atoms with van der Waals surface area (Å²) >= 11 is 0. The maximum absolute atomic E-state index is 12.8. The minimum Gasteiger partial charge on any atom is -0.252 e. The van der Waals surface area contributed by atoms with Gasteiger partial charge in [-0.3, -0.25) is 4.98 Å². The Morgan fingerprint density at radius 1 is 1.42 bits per heavy atom. The Labute approximate surface area is 69.4 Å². The van der Waals surface area contributed by atoms with E-state index < -0.39 is 21.8 Å². The van der Waals surface area contributed by atoms with Gasteiger partial charge < -0.3 is 0 Å². The van der Waals surface area contributed by atoms with Crippen molar-refractivity contribution in [3.63, 3.8) is 0 Å². The first kappa shape index (κ1) is 7.54. The van der Waals surface area contributed by atoms with E-state index in [2.05, 4.69) is 4.98 Å². The molecule has 1 aromatic heterocycles. The van der Waals surface area contributed by atoms with E-state index in [1.165, 1.54) is 18.3 Å². The van der Waals surface area contributed by atoms with Gasteiger partial charge in [0.2, 0.25) is 5.16 Å². The summed E-state index contributed by atoms with van der Waals surface area (Å²) in [4.78, 5) is 3.68. The van der Waals surface area contributed by atoms with Crippen LogP contribution in [-0.2, 0) is 10.8 Å². The van der Waals surface area contributed by atoms with Crippen molar-refractivity contribution in [3.05, 3.63) is 29.2 Å². The fraction of sp³-hybridized carbons (Fsp3) is 0. The summed E-state index contributed by atoms with van der Waals surface area (Å²) in [5.74, 6) is -1.11. The summed E-state index contributed by atoms with van der Waals surface area (Å²) in [5.41, 5.74) is -0.145. The van der Waals surface area contributed by atoms with Gasteiger partial charge in [-0.15, -0.1) is 0 Å². The molecular weight excluding hydrogens is 184 g/mol. The van der Waals surface area contributed by atoms with Gasteiger partial charge in [0.25, 0.3) is 0 Å². The lowest BCUT2D eigenvalue weighted by Crippen LogP contribution is -1.87. The Morgan fingerprint density at radius 3 is 2.83 bits per heavy atom. The highest BCUT2D eigenvalue weighted by molar-refractivity contribution is 7.89. The predicted octanol–water partition coefficient (Wildman–Crippen LogP) is 1.77. The van der Waals surface area contributed by atoms with Crippen LogP contribution in [0.3, 0.4) is 0 Å². The van der Waals surface area contributed by atoms with Crippen LogP contribution < -0.4 is 0 Å². The van der Waals surface area contributed by atoms with Crippen molar-refractivity contribution in [2.24, 2.45) is 0 Å². The Bertz CT molecular complexity index is 402. The summed E-state index contributed by atoms with van der Waals surface area (Å²) in [7, 11) is -2.00. The van der Waals surface area contributed by atoms with Crippen molar-refractivity contribution < 1.29 is 13.0 Å². The molecule has 1 aliphatic rings. The fourth-order valence-electron chi connectivity index (χ4n) is 0.976. The number of fused-ring (bicyclic) bond motifs is 1. The zero-order chi connectivity index (χ0) is 8.72. The van der Waals surface area contributed by atoms with E-state index in [1.54, 1.807) is 0 Å². The molecule has 0 saturated heterocycles. The highest BCUT2D eigenvalue weighted by atomic mass is 32.2. The second kappa shape index (κ2) is 2.45. The van der Waals surface area contributed by atoms with Gasteiger partial charge in [-0.1, -0.05) is 0 Å². The Morgan fingerprint density at radius 2 is 2.17 bits per heavy atom. The molecule has 0 aliphatic carbocycles. The largest absolute Gasteiger partial charge is 0.252 e. The summed E-state index contributed by atoms with van der Waals surface area (Å²) in [6.45, 7) is 0. The van der Waals surface area contributed by atoms with Gasteiger partial charge in [-0.05, 0) is 12.1 Å². The molecule has 1 unspecified atom stereocenters. The summed E-state index contributed by atoms with van der Waals surface area (Å²) in [6.07, 6.45) is 1.33. The summed E-state index contributed by atoms with van der Waals surface area (Å²) < 4.78 is 36.5. The molecular formula is C7H3F2NOS. The molecule has 12 heavy (non-hydrogen) atoms. The molecule has 0 saturated carbocycles. The van der Waals surface area contributed by atoms with Gasteiger partial charge >= 0.3 is 0 Å². The van der Waals surface area contributed by atoms with Gasteiger partial charge in [-0.2, -0.15) is 4.39 Å². The number of halogens is 2. The van der Waals surface area contributed by atoms with Gasteiger partial charge in [-0.25, -0.2) is 8.60 Å². The number of pyridine rings is 1. The predicted molar refractivity (Wildman–Crippen MR) is 39.8 cm³/mol. The van der Waals surface area contributed by atoms with Crippen LogP contribution in [0.25, 0.3) is 5.83 Å². The van der Waals surface area contributed by atoms with E-state index in [4.69, 9.17) is 0 Å². The maximum Gasteiger partial charge on any atom is 0.229 e. The quantitative estimate of drug-likeness (QED) is 0.619. The third-order valence-corrected chi connectivity index (χ3v) is 2.75. The molecule has 5 heteroatoms. The third-order valence-electron chi connectivity index (χ3n) is 1.51. The van der Waals surface area contributed by atoms with Gasteiger partial charge in [0, 0.05) is 6.20 Å². The van der Waals surface area contributed by atoms with E-state index in [0.29, 0.717) is 0 Å². The van der Waals surface area contributed by atoms with Crippen molar-refractivity contribution in [1.29, 1.82) is 0 Å². The molecule has 0 radical (unpaired) electrons. The zero-order valence-electron chi connectivity index (χ0n) is 5.75. The molecule has 0 bridgehead atoms. The average Bonchev–Trinajstić information content (AvgIpc) is 2.33. The van der Waals surface area contributed by atoms with Crippen LogP contribution in [-0.4, -0.2) is 9.19 Å². The lowest BCUT2D eigenvalue weighted by atomic mass is 10.3. The van der Waals surface area contributed by atoms with Crippen LogP contribution in [0.5, 0.6) is 0 Å². The number of hydrogen-bond acceptors (Lipinski definition) is 2. The van der Waals surface area contributed by atoms with Gasteiger partial charge in [0.15, 0.2) is 5.83 Å². The number of aromatic nitrogens is 1. The van der Waals surface area contributed by atoms with Gasteiger partial charge in [0.05, 0.1) is 4.90 Å². The molecule has 1 atom stereocenters. The number of hydrogen-bond donors (Lipinski definition) is 0. The highest BCUT2D eigenvalue weighted by Crippen LogP contribution is 2.35. The first-order valence-corrected chi connectivity index (χ1v) is 4.29. The SMILES string of the molecule is O=S1C(F)=C(F)c2ncccc21. The topological polar surface area (TPSA) is 30.0 Å². The molecule has 2 heterocycles. The smallest absolute Gasteiger partial charge is 0.229 e. The Hall–Kier alpha value is -1.10. The van der Waals surface area contributed by atoms with Crippen molar-refractivity contribution in [2.45, 2.75) is 4.90 Å². The molecule has 2 rings (SSSR count). The van der Waals surface area contributed by atoms with Crippen molar-refractivity contribution in [1.82, 2.24) is 4.98 Å². The van der Waals surface area contributed by atoms with Crippen molar-refractivity contribution in [2.75, 3.05) is 0 Å². The van der Waals surface area contributed by atoms with Crippen molar-refractivity contribution >= 4 is 16.6 Å². The van der Waals surface area contributed by atoms with E-state index in [-0.39, 0.29) is 10.6 Å². The normalized spacial score (nSPS) is 21.3. The van der Waals surface area contributed by atoms with Gasteiger partial charge in [0.1, 0.15) is 16.5 Å². The molecule has 0 spiro atoms. The first-order valence-electron chi connectivity index (χ1n) is 3.14. The highest BCUT2D eigenvalue weighted by Gasteiger charge is 2.30. The molecule has 2 nitrogen and oxygen atoms in total. The fourth-order valence-corrected chi connectivity index (χ4v) is 1.95. The Balaban J connectivity index is 2.73. The molecule has 0 N–H and O–H groups in total. The van der Waals surface area contributed by atoms with Crippen LogP contribution in [0, 0.1) is 0 Å². The van der Waals surface area contributed by atoms with E-state index in [9.17, 15) is 13.0 Å². The lowest BCUT2D eigenvalue weighted by molar-refractivity contribution is 0.635. The monoisotopic (exact) mass is 187 g/mol. The van der Waals surface area contributed by atoms with Crippen LogP contribution in [0.4, 0.5) is 8.78 Å². The summed E-state index contributed by atoms with van der Waals surface area (Å²) in [5, 5.41) is -1.23. The average molecular weight is 187 g/mol. The molecule has 1 aromatic rings. The molecule has 62 valence electrons. The lowest BCUT2D eigenvalue weighted by Gasteiger charge is -1.92. The second-order valence-corrected chi connectivity index (χ2v) is 3.54. The van der Waals surface area contributed by atoms with Crippen LogP contribution in [0.2, 0.25) is 0 Å². The zero-order valence-corrected chi connectivity index (χ0v) is 6.57. The van der Waals surface area contributed by atoms with Crippen LogP contribution >= 0.6 is 0 Å². The van der Waals surface area contributed by atoms with Crippen LogP contribution in [0.1, 0.15) is 5.69 Å². The molecule has 0 fully saturated rings. The van der Waals surface area contributed by atoms with Crippen molar-refractivity contribution in [3.8, 4) is 0 Å². The number of nitrogens with zero attached hydrogens (tertiary/aromatic N) is 1. The molecule has 0 amide bonds. The molecule has 0 aromatic carbocycles. The van der Waals surface area contributed by atoms with E-state index >= 15 is 0 Å². The Kier molecular flexibility index (Phi) is 1.54.